The highest BCUT2D eigenvalue weighted by Gasteiger charge is 2.39. The molecule has 0 saturated carbocycles. The molecule has 2 atom stereocenters. The van der Waals surface area contributed by atoms with Crippen LogP contribution in [0, 0.1) is 0 Å². The summed E-state index contributed by atoms with van der Waals surface area (Å²) < 4.78 is 36.7. The largest absolute Gasteiger partial charge is 0.374 e. The summed E-state index contributed by atoms with van der Waals surface area (Å²) in [6, 6.07) is 2.70. The molecule has 2 bridgehead atoms. The highest BCUT2D eigenvalue weighted by molar-refractivity contribution is 6.02. The van der Waals surface area contributed by atoms with Crippen LogP contribution in [0.2, 0.25) is 0 Å². The summed E-state index contributed by atoms with van der Waals surface area (Å²) in [5.41, 5.74) is 0.725. The van der Waals surface area contributed by atoms with E-state index in [9.17, 15) is 13.6 Å². The average molecular weight is 500 g/mol. The summed E-state index contributed by atoms with van der Waals surface area (Å²) in [5.74, 6) is 0.485. The van der Waals surface area contributed by atoms with E-state index in [4.69, 9.17) is 9.72 Å². The van der Waals surface area contributed by atoms with Crippen molar-refractivity contribution in [3.63, 3.8) is 0 Å². The first kappa shape index (κ1) is 23.5. The van der Waals surface area contributed by atoms with Crippen LogP contribution < -0.4 is 4.90 Å². The van der Waals surface area contributed by atoms with Gasteiger partial charge in [0.15, 0.2) is 11.4 Å². The Morgan fingerprint density at radius 1 is 1.22 bits per heavy atom. The number of carbonyl (C=O) groups is 1. The summed E-state index contributed by atoms with van der Waals surface area (Å²) in [6.45, 7) is 7.59. The summed E-state index contributed by atoms with van der Waals surface area (Å²) in [5, 5.41) is 8.50. The van der Waals surface area contributed by atoms with Crippen LogP contribution in [0.1, 0.15) is 67.2 Å². The average Bonchev–Trinajstić information content (AvgIpc) is 3.66. The second kappa shape index (κ2) is 9.19. The molecule has 6 rings (SSSR count). The van der Waals surface area contributed by atoms with E-state index in [0.717, 1.165) is 44.7 Å². The van der Waals surface area contributed by atoms with Crippen LogP contribution in [0.25, 0.3) is 5.65 Å². The van der Waals surface area contributed by atoms with E-state index >= 15 is 0 Å². The van der Waals surface area contributed by atoms with Gasteiger partial charge in [0.1, 0.15) is 11.5 Å². The number of aromatic nitrogens is 5. The van der Waals surface area contributed by atoms with Gasteiger partial charge >= 0.3 is 0 Å². The molecule has 6 heterocycles. The summed E-state index contributed by atoms with van der Waals surface area (Å²) >= 11 is 0. The van der Waals surface area contributed by atoms with E-state index < -0.39 is 6.43 Å². The molecule has 3 aliphatic rings. The summed E-state index contributed by atoms with van der Waals surface area (Å²) in [7, 11) is 0. The third kappa shape index (κ3) is 4.17. The molecule has 3 aliphatic heterocycles. The fraction of sp³-hybridized carbons (Fsp3) is 0.600. The fourth-order valence-electron chi connectivity index (χ4n) is 5.78. The van der Waals surface area contributed by atoms with Gasteiger partial charge in [-0.2, -0.15) is 10.2 Å². The molecular formula is C25H31F2N7O2. The van der Waals surface area contributed by atoms with E-state index in [2.05, 4.69) is 33.8 Å². The monoisotopic (exact) mass is 499 g/mol. The lowest BCUT2D eigenvalue weighted by molar-refractivity contribution is 0.0985. The third-order valence-electron chi connectivity index (χ3n) is 7.85. The van der Waals surface area contributed by atoms with Gasteiger partial charge in [-0.15, -0.1) is 0 Å². The van der Waals surface area contributed by atoms with E-state index in [-0.39, 0.29) is 35.6 Å². The number of likely N-dealkylation sites (tertiary alicyclic amines) is 1. The van der Waals surface area contributed by atoms with Crippen molar-refractivity contribution in [3.05, 3.63) is 41.5 Å². The Kier molecular flexibility index (Phi) is 5.99. The number of alkyl halides is 2. The number of morpholine rings is 1. The molecule has 3 fully saturated rings. The Morgan fingerprint density at radius 3 is 2.69 bits per heavy atom. The van der Waals surface area contributed by atoms with E-state index in [1.54, 1.807) is 21.6 Å². The predicted octanol–water partition coefficient (Wildman–Crippen LogP) is 3.31. The standard InChI is InChI=1S/C25H31F2N7O2/c1-15(2)31-6-3-17(4-7-31)34-12-16(23(30-34)24(26)27)9-21(35)20-11-28-33-8-5-22(29-25(20)33)32-13-19-10-18(32)14-36-19/h5,8,11-12,15,17-19,24H,3-4,6-7,9-10,13-14H2,1-2H3/t18-,19-/m0/s1. The maximum Gasteiger partial charge on any atom is 0.282 e. The van der Waals surface area contributed by atoms with Crippen LogP contribution in [-0.2, 0) is 11.2 Å². The van der Waals surface area contributed by atoms with E-state index in [1.807, 2.05) is 6.07 Å². The zero-order valence-corrected chi connectivity index (χ0v) is 20.6. The smallest absolute Gasteiger partial charge is 0.282 e. The molecule has 9 nitrogen and oxygen atoms in total. The number of fused-ring (bicyclic) bond motifs is 3. The lowest BCUT2D eigenvalue weighted by atomic mass is 10.0. The van der Waals surface area contributed by atoms with E-state index in [0.29, 0.717) is 29.9 Å². The number of rotatable bonds is 7. The molecule has 11 heteroatoms. The zero-order valence-electron chi connectivity index (χ0n) is 20.6. The predicted molar refractivity (Wildman–Crippen MR) is 129 cm³/mol. The number of anilines is 1. The van der Waals surface area contributed by atoms with Crippen LogP contribution in [0.4, 0.5) is 14.6 Å². The molecule has 0 spiro atoms. The molecule has 0 radical (unpaired) electrons. The first-order valence-electron chi connectivity index (χ1n) is 12.7. The van der Waals surface area contributed by atoms with Crippen molar-refractivity contribution in [3.8, 4) is 0 Å². The number of hydrogen-bond donors (Lipinski definition) is 0. The van der Waals surface area contributed by atoms with Crippen molar-refractivity contribution >= 4 is 17.2 Å². The second-order valence-electron chi connectivity index (χ2n) is 10.4. The molecule has 0 unspecified atom stereocenters. The molecule has 192 valence electrons. The van der Waals surface area contributed by atoms with Crippen LogP contribution >= 0.6 is 0 Å². The molecule has 3 saturated heterocycles. The molecule has 0 N–H and O–H groups in total. The lowest BCUT2D eigenvalue weighted by Crippen LogP contribution is -2.39. The Hall–Kier alpha value is -2.92. The minimum absolute atomic E-state index is 0.0577. The van der Waals surface area contributed by atoms with Gasteiger partial charge in [0.2, 0.25) is 0 Å². The van der Waals surface area contributed by atoms with Crippen molar-refractivity contribution in [2.24, 2.45) is 0 Å². The maximum absolute atomic E-state index is 13.9. The number of piperidine rings is 1. The number of ketones is 1. The van der Waals surface area contributed by atoms with Crippen molar-refractivity contribution in [1.82, 2.24) is 29.3 Å². The molecular weight excluding hydrogens is 468 g/mol. The number of nitrogens with zero attached hydrogens (tertiary/aromatic N) is 7. The summed E-state index contributed by atoms with van der Waals surface area (Å²) in [6.07, 6.45) is 4.89. The van der Waals surface area contributed by atoms with Gasteiger partial charge in [-0.25, -0.2) is 18.3 Å². The van der Waals surface area contributed by atoms with Crippen LogP contribution in [0.5, 0.6) is 0 Å². The van der Waals surface area contributed by atoms with Crippen molar-refractivity contribution in [2.45, 2.75) is 70.2 Å². The molecule has 36 heavy (non-hydrogen) atoms. The van der Waals surface area contributed by atoms with Crippen molar-refractivity contribution in [1.29, 1.82) is 0 Å². The number of Topliss-reactive ketones (excluding diaryl/α,β-unsaturated/α-hetero) is 1. The lowest BCUT2D eigenvalue weighted by Gasteiger charge is -2.34. The zero-order chi connectivity index (χ0) is 25.0. The minimum atomic E-state index is -2.74. The summed E-state index contributed by atoms with van der Waals surface area (Å²) in [4.78, 5) is 22.6. The molecule has 3 aromatic rings. The topological polar surface area (TPSA) is 80.8 Å². The van der Waals surface area contributed by atoms with Gasteiger partial charge in [-0.05, 0) is 39.2 Å². The Bertz CT molecular complexity index is 1260. The van der Waals surface area contributed by atoms with Gasteiger partial charge in [-0.1, -0.05) is 0 Å². The maximum atomic E-state index is 13.9. The number of carbonyl (C=O) groups excluding carboxylic acids is 1. The first-order valence-corrected chi connectivity index (χ1v) is 12.7. The molecule has 0 amide bonds. The van der Waals surface area contributed by atoms with Gasteiger partial charge in [0.05, 0.1) is 36.6 Å². The number of halogens is 2. The van der Waals surface area contributed by atoms with Gasteiger partial charge < -0.3 is 14.5 Å². The highest BCUT2D eigenvalue weighted by Crippen LogP contribution is 2.32. The van der Waals surface area contributed by atoms with Gasteiger partial charge in [0, 0.05) is 50.1 Å². The van der Waals surface area contributed by atoms with Crippen molar-refractivity contribution < 1.29 is 18.3 Å². The van der Waals surface area contributed by atoms with E-state index in [1.165, 1.54) is 6.20 Å². The number of ether oxygens (including phenoxy) is 1. The number of hydrogen-bond acceptors (Lipinski definition) is 7. The molecule has 0 aromatic carbocycles. The third-order valence-corrected chi connectivity index (χ3v) is 7.85. The van der Waals surface area contributed by atoms with Crippen LogP contribution in [0.3, 0.4) is 0 Å². The Morgan fingerprint density at radius 2 is 2.03 bits per heavy atom. The van der Waals surface area contributed by atoms with Gasteiger partial charge in [0.25, 0.3) is 6.43 Å². The second-order valence-corrected chi connectivity index (χ2v) is 10.4. The minimum Gasteiger partial charge on any atom is -0.374 e. The van der Waals surface area contributed by atoms with Crippen molar-refractivity contribution in [2.75, 3.05) is 31.1 Å². The molecule has 3 aromatic heterocycles. The van der Waals surface area contributed by atoms with Crippen LogP contribution in [0.15, 0.2) is 24.7 Å². The molecule has 0 aliphatic carbocycles. The highest BCUT2D eigenvalue weighted by atomic mass is 19.3. The van der Waals surface area contributed by atoms with Crippen LogP contribution in [-0.4, -0.2) is 79.5 Å². The first-order chi connectivity index (χ1) is 17.4. The Balaban J connectivity index is 1.23. The van der Waals surface area contributed by atoms with Gasteiger partial charge in [-0.3, -0.25) is 9.48 Å². The quantitative estimate of drug-likeness (QED) is 0.462. The fourth-order valence-corrected chi connectivity index (χ4v) is 5.78. The normalized spacial score (nSPS) is 23.1. The SMILES string of the molecule is CC(C)N1CCC(n2cc(CC(=O)c3cnn4ccc(N5C[C@@H]6C[C@H]5CO6)nc34)c(C(F)F)n2)CC1. The Labute approximate surface area is 208 Å².